The SMILES string of the molecule is Cc1cccc(Nc2cc(C3CCN(C(=O)c4c[nH]c5nc(C)ccc5c4=O)CC3)ncn2)c1. The first-order valence-electron chi connectivity index (χ1n) is 11.4. The predicted octanol–water partition coefficient (Wildman–Crippen LogP) is 4.09. The van der Waals surface area contributed by atoms with Crippen LogP contribution in [0.25, 0.3) is 11.0 Å². The highest BCUT2D eigenvalue weighted by atomic mass is 16.2. The zero-order valence-corrected chi connectivity index (χ0v) is 19.2. The van der Waals surface area contributed by atoms with Crippen LogP contribution in [0.3, 0.4) is 0 Å². The number of pyridine rings is 2. The van der Waals surface area contributed by atoms with Crippen LogP contribution in [0.1, 0.15) is 46.1 Å². The number of aromatic nitrogens is 4. The molecule has 0 unspecified atom stereocenters. The Morgan fingerprint density at radius 2 is 1.91 bits per heavy atom. The zero-order valence-electron chi connectivity index (χ0n) is 19.2. The zero-order chi connectivity index (χ0) is 23.7. The van der Waals surface area contributed by atoms with E-state index in [2.05, 4.69) is 44.3 Å². The fraction of sp³-hybridized carbons (Fsp3) is 0.269. The molecule has 1 aliphatic rings. The lowest BCUT2D eigenvalue weighted by molar-refractivity contribution is 0.0710. The van der Waals surface area contributed by atoms with Gasteiger partial charge in [-0.1, -0.05) is 12.1 Å². The summed E-state index contributed by atoms with van der Waals surface area (Å²) in [7, 11) is 0. The molecule has 1 aliphatic heterocycles. The Hall–Kier alpha value is -4.07. The molecule has 1 saturated heterocycles. The number of nitrogens with one attached hydrogen (secondary N) is 2. The van der Waals surface area contributed by atoms with E-state index in [1.54, 1.807) is 23.4 Å². The average molecular weight is 455 g/mol. The molecule has 0 atom stereocenters. The summed E-state index contributed by atoms with van der Waals surface area (Å²) in [6.07, 6.45) is 4.62. The highest BCUT2D eigenvalue weighted by Crippen LogP contribution is 2.28. The third kappa shape index (κ3) is 4.39. The Morgan fingerprint density at radius 1 is 1.09 bits per heavy atom. The van der Waals surface area contributed by atoms with E-state index in [1.165, 1.54) is 11.8 Å². The van der Waals surface area contributed by atoms with Gasteiger partial charge < -0.3 is 15.2 Å². The molecule has 0 bridgehead atoms. The molecular weight excluding hydrogens is 428 g/mol. The summed E-state index contributed by atoms with van der Waals surface area (Å²) in [5.74, 6) is 0.736. The summed E-state index contributed by atoms with van der Waals surface area (Å²) in [5, 5.41) is 3.77. The van der Waals surface area contributed by atoms with Crippen molar-refractivity contribution in [3.05, 3.63) is 87.7 Å². The Bertz CT molecular complexity index is 1420. The van der Waals surface area contributed by atoms with Crippen molar-refractivity contribution in [3.8, 4) is 0 Å². The second-order valence-electron chi connectivity index (χ2n) is 8.77. The van der Waals surface area contributed by atoms with Crippen LogP contribution in [0, 0.1) is 13.8 Å². The van der Waals surface area contributed by atoms with Crippen molar-refractivity contribution >= 4 is 28.4 Å². The number of rotatable bonds is 4. The number of carbonyl (C=O) groups is 1. The predicted molar refractivity (Wildman–Crippen MR) is 131 cm³/mol. The number of amides is 1. The first-order chi connectivity index (χ1) is 16.5. The van der Waals surface area contributed by atoms with E-state index in [4.69, 9.17) is 0 Å². The number of hydrogen-bond acceptors (Lipinski definition) is 6. The van der Waals surface area contributed by atoms with E-state index in [-0.39, 0.29) is 22.8 Å². The Kier molecular flexibility index (Phi) is 5.79. The van der Waals surface area contributed by atoms with E-state index in [1.807, 2.05) is 25.1 Å². The second-order valence-corrected chi connectivity index (χ2v) is 8.77. The number of fused-ring (bicyclic) bond motifs is 1. The van der Waals surface area contributed by atoms with Crippen molar-refractivity contribution in [1.29, 1.82) is 0 Å². The van der Waals surface area contributed by atoms with Gasteiger partial charge in [0, 0.05) is 48.3 Å². The van der Waals surface area contributed by atoms with Crippen LogP contribution in [-0.2, 0) is 0 Å². The van der Waals surface area contributed by atoms with Crippen LogP contribution < -0.4 is 10.7 Å². The van der Waals surface area contributed by atoms with Gasteiger partial charge in [-0.2, -0.15) is 0 Å². The first kappa shape index (κ1) is 21.8. The number of aromatic amines is 1. The molecule has 2 N–H and O–H groups in total. The van der Waals surface area contributed by atoms with Crippen LogP contribution in [0.15, 0.2) is 59.8 Å². The van der Waals surface area contributed by atoms with Crippen molar-refractivity contribution in [2.45, 2.75) is 32.6 Å². The Morgan fingerprint density at radius 3 is 2.71 bits per heavy atom. The van der Waals surface area contributed by atoms with Crippen LogP contribution in [0.4, 0.5) is 11.5 Å². The minimum absolute atomic E-state index is 0.156. The van der Waals surface area contributed by atoms with E-state index in [0.717, 1.165) is 35.7 Å². The molecule has 34 heavy (non-hydrogen) atoms. The highest BCUT2D eigenvalue weighted by molar-refractivity contribution is 5.96. The lowest BCUT2D eigenvalue weighted by Crippen LogP contribution is -2.40. The molecule has 0 aliphatic carbocycles. The van der Waals surface area contributed by atoms with E-state index in [0.29, 0.717) is 24.1 Å². The van der Waals surface area contributed by atoms with Crippen molar-refractivity contribution in [3.63, 3.8) is 0 Å². The molecule has 0 spiro atoms. The van der Waals surface area contributed by atoms with Gasteiger partial charge in [-0.3, -0.25) is 9.59 Å². The van der Waals surface area contributed by atoms with Gasteiger partial charge in [0.2, 0.25) is 5.43 Å². The van der Waals surface area contributed by atoms with Gasteiger partial charge in [-0.15, -0.1) is 0 Å². The molecule has 1 fully saturated rings. The quantitative estimate of drug-likeness (QED) is 0.481. The number of carbonyl (C=O) groups excluding carboxylic acids is 1. The summed E-state index contributed by atoms with van der Waals surface area (Å²) >= 11 is 0. The molecule has 8 heteroatoms. The fourth-order valence-corrected chi connectivity index (χ4v) is 4.44. The summed E-state index contributed by atoms with van der Waals surface area (Å²) in [6.45, 7) is 5.05. The molecule has 1 aromatic carbocycles. The van der Waals surface area contributed by atoms with Crippen molar-refractivity contribution in [2.75, 3.05) is 18.4 Å². The molecule has 0 radical (unpaired) electrons. The van der Waals surface area contributed by atoms with Crippen molar-refractivity contribution < 1.29 is 4.79 Å². The van der Waals surface area contributed by atoms with Gasteiger partial charge in [-0.25, -0.2) is 15.0 Å². The van der Waals surface area contributed by atoms with E-state index < -0.39 is 0 Å². The Balaban J connectivity index is 1.27. The summed E-state index contributed by atoms with van der Waals surface area (Å²) in [5.41, 5.74) is 4.30. The number of piperidine rings is 1. The van der Waals surface area contributed by atoms with Gasteiger partial charge in [0.15, 0.2) is 0 Å². The minimum Gasteiger partial charge on any atom is -0.345 e. The smallest absolute Gasteiger partial charge is 0.259 e. The normalized spacial score (nSPS) is 14.4. The number of nitrogens with zero attached hydrogens (tertiary/aromatic N) is 4. The first-order valence-corrected chi connectivity index (χ1v) is 11.4. The van der Waals surface area contributed by atoms with Crippen molar-refractivity contribution in [1.82, 2.24) is 24.8 Å². The largest absolute Gasteiger partial charge is 0.345 e. The maximum Gasteiger partial charge on any atom is 0.259 e. The maximum absolute atomic E-state index is 13.1. The topological polar surface area (TPSA) is 104 Å². The van der Waals surface area contributed by atoms with Crippen molar-refractivity contribution in [2.24, 2.45) is 0 Å². The fourth-order valence-electron chi connectivity index (χ4n) is 4.44. The van der Waals surface area contributed by atoms with Gasteiger partial charge in [0.05, 0.1) is 5.39 Å². The molecule has 1 amide bonds. The standard InChI is InChI=1S/C26H26N6O2/c1-16-4-3-5-19(12-16)31-23-13-22(28-15-29-23)18-8-10-32(11-9-18)26(34)21-14-27-25-20(24(21)33)7-6-17(2)30-25/h3-7,12-15,18H,8-11H2,1-2H3,(H,27,30,33)(H,28,29,31). The summed E-state index contributed by atoms with van der Waals surface area (Å²) < 4.78 is 0. The van der Waals surface area contributed by atoms with Crippen LogP contribution in [0.5, 0.6) is 0 Å². The Labute approximate surface area is 197 Å². The molecular formula is C26H26N6O2. The molecule has 3 aromatic heterocycles. The third-order valence-electron chi connectivity index (χ3n) is 6.29. The lowest BCUT2D eigenvalue weighted by atomic mass is 9.93. The number of anilines is 2. The van der Waals surface area contributed by atoms with Gasteiger partial charge >= 0.3 is 0 Å². The summed E-state index contributed by atoms with van der Waals surface area (Å²) in [6, 6.07) is 13.6. The van der Waals surface area contributed by atoms with Crippen LogP contribution in [-0.4, -0.2) is 43.8 Å². The average Bonchev–Trinajstić information content (AvgIpc) is 2.84. The monoisotopic (exact) mass is 454 g/mol. The second kappa shape index (κ2) is 9.05. The molecule has 4 heterocycles. The van der Waals surface area contributed by atoms with E-state index in [9.17, 15) is 9.59 Å². The molecule has 0 saturated carbocycles. The minimum atomic E-state index is -0.281. The van der Waals surface area contributed by atoms with E-state index >= 15 is 0 Å². The molecule has 5 rings (SSSR count). The maximum atomic E-state index is 13.1. The number of likely N-dealkylation sites (tertiary alicyclic amines) is 1. The molecule has 172 valence electrons. The lowest BCUT2D eigenvalue weighted by Gasteiger charge is -2.31. The summed E-state index contributed by atoms with van der Waals surface area (Å²) in [4.78, 5) is 43.9. The molecule has 4 aromatic rings. The number of H-pyrrole nitrogens is 1. The number of hydrogen-bond donors (Lipinski definition) is 2. The van der Waals surface area contributed by atoms with Crippen LogP contribution >= 0.6 is 0 Å². The third-order valence-corrected chi connectivity index (χ3v) is 6.29. The van der Waals surface area contributed by atoms with Gasteiger partial charge in [0.25, 0.3) is 5.91 Å². The number of benzene rings is 1. The number of aryl methyl sites for hydroxylation is 2. The van der Waals surface area contributed by atoms with Gasteiger partial charge in [-0.05, 0) is 56.5 Å². The van der Waals surface area contributed by atoms with Gasteiger partial charge in [0.1, 0.15) is 23.4 Å². The van der Waals surface area contributed by atoms with Crippen LogP contribution in [0.2, 0.25) is 0 Å². The molecule has 8 nitrogen and oxygen atoms in total. The highest BCUT2D eigenvalue weighted by Gasteiger charge is 2.27.